The van der Waals surface area contributed by atoms with Crippen LogP contribution in [0.3, 0.4) is 0 Å². The SMILES string of the molecule is Cc1ccc(F)c(O)c1C1(N)CC1. The lowest BCUT2D eigenvalue weighted by molar-refractivity contribution is 0.418. The van der Waals surface area contributed by atoms with Gasteiger partial charge in [-0.25, -0.2) is 4.39 Å². The Morgan fingerprint density at radius 3 is 2.62 bits per heavy atom. The molecule has 1 aromatic rings. The maximum absolute atomic E-state index is 13.0. The molecule has 0 heterocycles. The number of nitrogens with two attached hydrogens (primary N) is 1. The van der Waals surface area contributed by atoms with E-state index in [4.69, 9.17) is 5.73 Å². The van der Waals surface area contributed by atoms with Crippen molar-refractivity contribution in [1.82, 2.24) is 0 Å². The van der Waals surface area contributed by atoms with E-state index >= 15 is 0 Å². The Morgan fingerprint density at radius 1 is 1.46 bits per heavy atom. The lowest BCUT2D eigenvalue weighted by Crippen LogP contribution is -2.20. The molecule has 0 aliphatic heterocycles. The molecule has 1 aliphatic carbocycles. The minimum atomic E-state index is -0.586. The van der Waals surface area contributed by atoms with Gasteiger partial charge in [-0.2, -0.15) is 0 Å². The topological polar surface area (TPSA) is 46.2 Å². The second-order valence-corrected chi connectivity index (χ2v) is 3.74. The predicted molar refractivity (Wildman–Crippen MR) is 47.9 cm³/mol. The normalized spacial score (nSPS) is 18.7. The van der Waals surface area contributed by atoms with Crippen molar-refractivity contribution < 1.29 is 9.50 Å². The molecule has 1 aromatic carbocycles. The molecule has 2 rings (SSSR count). The van der Waals surface area contributed by atoms with Gasteiger partial charge in [0.05, 0.1) is 0 Å². The lowest BCUT2D eigenvalue weighted by Gasteiger charge is -2.14. The lowest BCUT2D eigenvalue weighted by atomic mass is 9.98. The van der Waals surface area contributed by atoms with Crippen LogP contribution in [0.4, 0.5) is 4.39 Å². The minimum Gasteiger partial charge on any atom is -0.505 e. The Hall–Kier alpha value is -1.09. The number of aromatic hydroxyl groups is 1. The number of rotatable bonds is 1. The molecule has 0 radical (unpaired) electrons. The van der Waals surface area contributed by atoms with Crippen LogP contribution in [0.2, 0.25) is 0 Å². The number of benzene rings is 1. The highest BCUT2D eigenvalue weighted by Crippen LogP contribution is 2.48. The highest BCUT2D eigenvalue weighted by Gasteiger charge is 2.43. The molecule has 13 heavy (non-hydrogen) atoms. The highest BCUT2D eigenvalue weighted by atomic mass is 19.1. The summed E-state index contributed by atoms with van der Waals surface area (Å²) in [6, 6.07) is 2.91. The maximum atomic E-state index is 13.0. The molecule has 0 saturated heterocycles. The van der Waals surface area contributed by atoms with E-state index in [1.807, 2.05) is 6.92 Å². The Morgan fingerprint density at radius 2 is 2.08 bits per heavy atom. The van der Waals surface area contributed by atoms with Gasteiger partial charge < -0.3 is 10.8 Å². The van der Waals surface area contributed by atoms with Crippen LogP contribution in [0.25, 0.3) is 0 Å². The molecule has 0 aromatic heterocycles. The molecular weight excluding hydrogens is 169 g/mol. The monoisotopic (exact) mass is 181 g/mol. The fraction of sp³-hybridized carbons (Fsp3) is 0.400. The third-order valence-electron chi connectivity index (χ3n) is 2.62. The van der Waals surface area contributed by atoms with Gasteiger partial charge in [-0.05, 0) is 31.4 Å². The molecule has 2 nitrogen and oxygen atoms in total. The number of phenolic OH excluding ortho intramolecular Hbond substituents is 1. The third kappa shape index (κ3) is 1.20. The minimum absolute atomic E-state index is 0.278. The standard InChI is InChI=1S/C10H12FNO/c1-6-2-3-7(11)9(13)8(6)10(12)4-5-10/h2-3,13H,4-5,12H2,1H3. The average Bonchev–Trinajstić information content (AvgIpc) is 2.78. The summed E-state index contributed by atoms with van der Waals surface area (Å²) >= 11 is 0. The second kappa shape index (κ2) is 2.45. The van der Waals surface area contributed by atoms with Crippen molar-refractivity contribution in [2.24, 2.45) is 5.73 Å². The summed E-state index contributed by atoms with van der Waals surface area (Å²) < 4.78 is 13.0. The Kier molecular flexibility index (Phi) is 1.60. The first-order chi connectivity index (χ1) is 6.04. The van der Waals surface area contributed by atoms with Crippen LogP contribution in [0.1, 0.15) is 24.0 Å². The average molecular weight is 181 g/mol. The number of aryl methyl sites for hydroxylation is 1. The van der Waals surface area contributed by atoms with E-state index in [9.17, 15) is 9.50 Å². The summed E-state index contributed by atoms with van der Waals surface area (Å²) in [6.45, 7) is 1.83. The third-order valence-corrected chi connectivity index (χ3v) is 2.62. The van der Waals surface area contributed by atoms with Gasteiger partial charge in [-0.15, -0.1) is 0 Å². The Labute approximate surface area is 76.2 Å². The quantitative estimate of drug-likeness (QED) is 0.693. The first-order valence-electron chi connectivity index (χ1n) is 4.32. The van der Waals surface area contributed by atoms with Crippen LogP contribution in [0, 0.1) is 12.7 Å². The fourth-order valence-corrected chi connectivity index (χ4v) is 1.68. The van der Waals surface area contributed by atoms with Gasteiger partial charge in [0.15, 0.2) is 11.6 Å². The first kappa shape index (κ1) is 8.51. The molecular formula is C10H12FNO. The Bertz CT molecular complexity index is 358. The zero-order valence-corrected chi connectivity index (χ0v) is 7.47. The molecule has 3 heteroatoms. The summed E-state index contributed by atoms with van der Waals surface area (Å²) in [5.41, 5.74) is 6.87. The fourth-order valence-electron chi connectivity index (χ4n) is 1.68. The molecule has 1 fully saturated rings. The van der Waals surface area contributed by atoms with Gasteiger partial charge in [0.2, 0.25) is 0 Å². The van der Waals surface area contributed by atoms with Crippen LogP contribution in [0.5, 0.6) is 5.75 Å². The molecule has 0 bridgehead atoms. The van der Waals surface area contributed by atoms with Gasteiger partial charge in [-0.3, -0.25) is 0 Å². The number of halogens is 1. The van der Waals surface area contributed by atoms with Crippen molar-refractivity contribution in [2.75, 3.05) is 0 Å². The van der Waals surface area contributed by atoms with E-state index < -0.39 is 11.4 Å². The van der Waals surface area contributed by atoms with Crippen LogP contribution in [-0.4, -0.2) is 5.11 Å². The van der Waals surface area contributed by atoms with E-state index in [-0.39, 0.29) is 5.75 Å². The van der Waals surface area contributed by atoms with Gasteiger partial charge in [0.25, 0.3) is 0 Å². The van der Waals surface area contributed by atoms with Crippen molar-refractivity contribution >= 4 is 0 Å². The summed E-state index contributed by atoms with van der Waals surface area (Å²) in [5, 5.41) is 9.50. The van der Waals surface area contributed by atoms with Crippen molar-refractivity contribution in [3.05, 3.63) is 29.1 Å². The first-order valence-corrected chi connectivity index (χ1v) is 4.32. The maximum Gasteiger partial charge on any atom is 0.165 e. The van der Waals surface area contributed by atoms with Gasteiger partial charge in [0.1, 0.15) is 0 Å². The van der Waals surface area contributed by atoms with E-state index in [2.05, 4.69) is 0 Å². The zero-order chi connectivity index (χ0) is 9.64. The number of hydrogen-bond acceptors (Lipinski definition) is 2. The molecule has 0 atom stereocenters. The van der Waals surface area contributed by atoms with Crippen LogP contribution in [-0.2, 0) is 5.54 Å². The van der Waals surface area contributed by atoms with Gasteiger partial charge in [0, 0.05) is 11.1 Å². The zero-order valence-electron chi connectivity index (χ0n) is 7.47. The molecule has 0 unspecified atom stereocenters. The molecule has 0 amide bonds. The molecule has 70 valence electrons. The van der Waals surface area contributed by atoms with Crippen molar-refractivity contribution in [3.63, 3.8) is 0 Å². The largest absolute Gasteiger partial charge is 0.505 e. The Balaban J connectivity index is 2.61. The number of phenols is 1. The van der Waals surface area contributed by atoms with Crippen LogP contribution in [0.15, 0.2) is 12.1 Å². The van der Waals surface area contributed by atoms with Crippen molar-refractivity contribution in [3.8, 4) is 5.75 Å². The van der Waals surface area contributed by atoms with Crippen molar-refractivity contribution in [1.29, 1.82) is 0 Å². The van der Waals surface area contributed by atoms with Crippen LogP contribution >= 0.6 is 0 Å². The molecule has 3 N–H and O–H groups in total. The van der Waals surface area contributed by atoms with Crippen molar-refractivity contribution in [2.45, 2.75) is 25.3 Å². The summed E-state index contributed by atoms with van der Waals surface area (Å²) in [7, 11) is 0. The predicted octanol–water partition coefficient (Wildman–Crippen LogP) is 1.79. The van der Waals surface area contributed by atoms with E-state index in [0.29, 0.717) is 5.56 Å². The van der Waals surface area contributed by atoms with E-state index in [0.717, 1.165) is 18.4 Å². The van der Waals surface area contributed by atoms with E-state index in [1.54, 1.807) is 6.07 Å². The molecule has 0 spiro atoms. The summed E-state index contributed by atoms with van der Waals surface area (Å²) in [4.78, 5) is 0. The van der Waals surface area contributed by atoms with E-state index in [1.165, 1.54) is 6.07 Å². The van der Waals surface area contributed by atoms with Crippen LogP contribution < -0.4 is 5.73 Å². The number of hydrogen-bond donors (Lipinski definition) is 2. The highest BCUT2D eigenvalue weighted by molar-refractivity contribution is 5.47. The molecule has 1 aliphatic rings. The van der Waals surface area contributed by atoms with Gasteiger partial charge >= 0.3 is 0 Å². The summed E-state index contributed by atoms with van der Waals surface area (Å²) in [5.74, 6) is -0.864. The van der Waals surface area contributed by atoms with Gasteiger partial charge in [-0.1, -0.05) is 6.07 Å². The smallest absolute Gasteiger partial charge is 0.165 e. The molecule has 1 saturated carbocycles. The summed E-state index contributed by atoms with van der Waals surface area (Å²) in [6.07, 6.45) is 1.65. The second-order valence-electron chi connectivity index (χ2n) is 3.74.